The molecule has 114 valence electrons. The van der Waals surface area contributed by atoms with Gasteiger partial charge in [-0.2, -0.15) is 0 Å². The normalized spacial score (nSPS) is 29.0. The van der Waals surface area contributed by atoms with Crippen molar-refractivity contribution in [1.29, 1.82) is 0 Å². The summed E-state index contributed by atoms with van der Waals surface area (Å²) in [6, 6.07) is 8.49. The number of hydrogen-bond acceptors (Lipinski definition) is 3. The van der Waals surface area contributed by atoms with E-state index in [0.717, 1.165) is 19.4 Å². The van der Waals surface area contributed by atoms with Crippen LogP contribution in [0, 0.1) is 0 Å². The molecule has 3 atom stereocenters. The van der Waals surface area contributed by atoms with E-state index in [0.29, 0.717) is 13.2 Å². The molecule has 3 rings (SSSR count). The van der Waals surface area contributed by atoms with Gasteiger partial charge in [-0.3, -0.25) is 4.79 Å². The van der Waals surface area contributed by atoms with Crippen molar-refractivity contribution >= 4 is 5.91 Å². The fourth-order valence-corrected chi connectivity index (χ4v) is 3.28. The minimum atomic E-state index is -0.0979. The summed E-state index contributed by atoms with van der Waals surface area (Å²) in [4.78, 5) is 14.9. The molecule has 1 fully saturated rings. The second-order valence-corrected chi connectivity index (χ2v) is 6.10. The van der Waals surface area contributed by atoms with Crippen molar-refractivity contribution in [1.82, 2.24) is 10.2 Å². The summed E-state index contributed by atoms with van der Waals surface area (Å²) in [5, 5.41) is 3.40. The number of hydrogen-bond donors (Lipinski definition) is 1. The summed E-state index contributed by atoms with van der Waals surface area (Å²) in [7, 11) is 0. The van der Waals surface area contributed by atoms with E-state index >= 15 is 0 Å². The Morgan fingerprint density at radius 1 is 1.38 bits per heavy atom. The van der Waals surface area contributed by atoms with E-state index in [4.69, 9.17) is 4.74 Å². The van der Waals surface area contributed by atoms with Gasteiger partial charge in [-0.1, -0.05) is 31.2 Å². The van der Waals surface area contributed by atoms with E-state index in [2.05, 4.69) is 36.5 Å². The molecule has 0 radical (unpaired) electrons. The van der Waals surface area contributed by atoms with Gasteiger partial charge in [0, 0.05) is 13.1 Å². The molecule has 1 N–H and O–H groups in total. The number of ether oxygens (including phenoxy) is 1. The molecular weight excluding hydrogens is 264 g/mol. The lowest BCUT2D eigenvalue weighted by atomic mass is 9.94. The highest BCUT2D eigenvalue weighted by atomic mass is 16.5. The topological polar surface area (TPSA) is 41.6 Å². The molecule has 1 saturated heterocycles. The smallest absolute Gasteiger partial charge is 0.240 e. The third-order valence-corrected chi connectivity index (χ3v) is 4.60. The van der Waals surface area contributed by atoms with Gasteiger partial charge in [-0.25, -0.2) is 0 Å². The maximum absolute atomic E-state index is 12.9. The molecule has 0 spiro atoms. The Kier molecular flexibility index (Phi) is 4.27. The van der Waals surface area contributed by atoms with Gasteiger partial charge in [0.1, 0.15) is 0 Å². The number of nitrogens with zero attached hydrogens (tertiary/aromatic N) is 1. The monoisotopic (exact) mass is 288 g/mol. The van der Waals surface area contributed by atoms with Crippen LogP contribution in [0.15, 0.2) is 24.3 Å². The number of carbonyl (C=O) groups is 1. The number of fused-ring (bicyclic) bond motifs is 1. The van der Waals surface area contributed by atoms with Gasteiger partial charge in [0.05, 0.1) is 24.8 Å². The van der Waals surface area contributed by atoms with Gasteiger partial charge in [0.2, 0.25) is 5.91 Å². The van der Waals surface area contributed by atoms with Crippen molar-refractivity contribution in [2.75, 3.05) is 13.2 Å². The molecule has 4 nitrogen and oxygen atoms in total. The minimum absolute atomic E-state index is 0.0979. The summed E-state index contributed by atoms with van der Waals surface area (Å²) >= 11 is 0. The zero-order chi connectivity index (χ0) is 14.8. The molecule has 2 aliphatic rings. The predicted molar refractivity (Wildman–Crippen MR) is 82.0 cm³/mol. The molecular formula is C17H24N2O2. The largest absolute Gasteiger partial charge is 0.375 e. The van der Waals surface area contributed by atoms with Crippen molar-refractivity contribution < 1.29 is 9.53 Å². The lowest BCUT2D eigenvalue weighted by molar-refractivity contribution is -0.146. The molecule has 21 heavy (non-hydrogen) atoms. The van der Waals surface area contributed by atoms with Crippen molar-refractivity contribution in [3.05, 3.63) is 35.4 Å². The zero-order valence-corrected chi connectivity index (χ0v) is 12.8. The third-order valence-electron chi connectivity index (χ3n) is 4.60. The van der Waals surface area contributed by atoms with Crippen LogP contribution >= 0.6 is 0 Å². The number of nitrogens with one attached hydrogen (secondary N) is 1. The summed E-state index contributed by atoms with van der Waals surface area (Å²) in [5.41, 5.74) is 2.60. The highest BCUT2D eigenvalue weighted by molar-refractivity contribution is 5.83. The van der Waals surface area contributed by atoms with Gasteiger partial charge in [-0.15, -0.1) is 0 Å². The molecule has 1 aromatic rings. The Hall–Kier alpha value is -1.39. The van der Waals surface area contributed by atoms with E-state index < -0.39 is 0 Å². The summed E-state index contributed by atoms with van der Waals surface area (Å²) in [5.74, 6) is 0.228. The van der Waals surface area contributed by atoms with Gasteiger partial charge in [0.15, 0.2) is 0 Å². The first kappa shape index (κ1) is 14.5. The van der Waals surface area contributed by atoms with Gasteiger partial charge < -0.3 is 15.0 Å². The van der Waals surface area contributed by atoms with Gasteiger partial charge in [-0.05, 0) is 30.9 Å². The van der Waals surface area contributed by atoms with E-state index in [-0.39, 0.29) is 24.1 Å². The standard InChI is InChI=1S/C17H24N2O2/c1-3-15-11-21-12(2)10-19(15)17(20)16-8-13-6-4-5-7-14(13)9-18-16/h4-7,12,15-16,18H,3,8-11H2,1-2H3/t12?,15?,16-/m0/s1. The summed E-state index contributed by atoms with van der Waals surface area (Å²) < 4.78 is 5.69. The maximum atomic E-state index is 12.9. The number of amides is 1. The van der Waals surface area contributed by atoms with E-state index in [1.807, 2.05) is 11.8 Å². The second-order valence-electron chi connectivity index (χ2n) is 6.10. The Morgan fingerprint density at radius 3 is 2.90 bits per heavy atom. The Labute approximate surface area is 126 Å². The zero-order valence-electron chi connectivity index (χ0n) is 12.8. The first-order chi connectivity index (χ1) is 10.2. The van der Waals surface area contributed by atoms with Crippen LogP contribution in [-0.4, -0.2) is 42.1 Å². The molecule has 2 unspecified atom stereocenters. The van der Waals surface area contributed by atoms with E-state index in [1.54, 1.807) is 0 Å². The lowest BCUT2D eigenvalue weighted by Gasteiger charge is -2.41. The average Bonchev–Trinajstić information content (AvgIpc) is 2.53. The van der Waals surface area contributed by atoms with Crippen LogP contribution < -0.4 is 5.32 Å². The highest BCUT2D eigenvalue weighted by Gasteiger charge is 2.34. The van der Waals surface area contributed by atoms with Crippen LogP contribution in [0.3, 0.4) is 0 Å². The van der Waals surface area contributed by atoms with E-state index in [9.17, 15) is 4.79 Å². The van der Waals surface area contributed by atoms with Crippen molar-refractivity contribution in [2.45, 2.75) is 51.4 Å². The fourth-order valence-electron chi connectivity index (χ4n) is 3.28. The molecule has 4 heteroatoms. The van der Waals surface area contributed by atoms with Crippen molar-refractivity contribution in [3.63, 3.8) is 0 Å². The SMILES string of the molecule is CCC1COC(C)CN1C(=O)[C@@H]1Cc2ccccc2CN1. The Balaban J connectivity index is 1.73. The van der Waals surface area contributed by atoms with Gasteiger partial charge in [0.25, 0.3) is 0 Å². The lowest BCUT2D eigenvalue weighted by Crippen LogP contribution is -2.57. The molecule has 2 aliphatic heterocycles. The predicted octanol–water partition coefficient (Wildman–Crippen LogP) is 1.73. The quantitative estimate of drug-likeness (QED) is 0.901. The molecule has 2 heterocycles. The van der Waals surface area contributed by atoms with Crippen LogP contribution in [0.4, 0.5) is 0 Å². The average molecular weight is 288 g/mol. The number of carbonyl (C=O) groups excluding carboxylic acids is 1. The fraction of sp³-hybridized carbons (Fsp3) is 0.588. The first-order valence-corrected chi connectivity index (χ1v) is 7.91. The first-order valence-electron chi connectivity index (χ1n) is 7.91. The molecule has 0 aliphatic carbocycles. The van der Waals surface area contributed by atoms with Crippen LogP contribution in [0.2, 0.25) is 0 Å². The Morgan fingerprint density at radius 2 is 2.14 bits per heavy atom. The minimum Gasteiger partial charge on any atom is -0.375 e. The van der Waals surface area contributed by atoms with Crippen LogP contribution in [0.5, 0.6) is 0 Å². The second kappa shape index (κ2) is 6.16. The molecule has 1 amide bonds. The summed E-state index contributed by atoms with van der Waals surface area (Å²) in [6.45, 7) is 6.30. The highest BCUT2D eigenvalue weighted by Crippen LogP contribution is 2.21. The van der Waals surface area contributed by atoms with Crippen LogP contribution in [-0.2, 0) is 22.5 Å². The number of morpholine rings is 1. The number of rotatable bonds is 2. The van der Waals surface area contributed by atoms with Crippen LogP contribution in [0.1, 0.15) is 31.4 Å². The summed E-state index contributed by atoms with van der Waals surface area (Å²) in [6.07, 6.45) is 1.87. The molecule has 0 aromatic heterocycles. The molecule has 0 bridgehead atoms. The van der Waals surface area contributed by atoms with E-state index in [1.165, 1.54) is 11.1 Å². The third kappa shape index (κ3) is 2.97. The maximum Gasteiger partial charge on any atom is 0.240 e. The van der Waals surface area contributed by atoms with Crippen molar-refractivity contribution in [3.8, 4) is 0 Å². The number of benzene rings is 1. The van der Waals surface area contributed by atoms with Crippen molar-refractivity contribution in [2.24, 2.45) is 0 Å². The molecule has 1 aromatic carbocycles. The molecule has 0 saturated carbocycles. The van der Waals surface area contributed by atoms with Crippen LogP contribution in [0.25, 0.3) is 0 Å². The Bertz CT molecular complexity index is 517. The van der Waals surface area contributed by atoms with Gasteiger partial charge >= 0.3 is 0 Å².